The molecule has 0 aliphatic heterocycles. The van der Waals surface area contributed by atoms with E-state index in [0.29, 0.717) is 28.0 Å². The Hall–Kier alpha value is -2.74. The van der Waals surface area contributed by atoms with Crippen molar-refractivity contribution in [1.82, 2.24) is 0 Å². The van der Waals surface area contributed by atoms with Crippen molar-refractivity contribution in [2.24, 2.45) is 0 Å². The third kappa shape index (κ3) is 7.57. The second kappa shape index (κ2) is 9.27. The van der Waals surface area contributed by atoms with Crippen LogP contribution in [0, 0.1) is 0 Å². The first-order valence-corrected chi connectivity index (χ1v) is 8.87. The summed E-state index contributed by atoms with van der Waals surface area (Å²) >= 11 is 0.619. The first-order valence-electron chi connectivity index (χ1n) is 7.88. The van der Waals surface area contributed by atoms with Gasteiger partial charge in [0.2, 0.25) is 11.8 Å². The number of rotatable bonds is 6. The van der Waals surface area contributed by atoms with Gasteiger partial charge in [0, 0.05) is 23.6 Å². The predicted octanol–water partition coefficient (Wildman–Crippen LogP) is 4.95. The summed E-state index contributed by atoms with van der Waals surface area (Å²) in [4.78, 5) is 23.4. The Kier molecular flexibility index (Phi) is 7.06. The van der Waals surface area contributed by atoms with Gasteiger partial charge in [0.1, 0.15) is 0 Å². The maximum absolute atomic E-state index is 12.4. The van der Waals surface area contributed by atoms with Gasteiger partial charge in [0.05, 0.1) is 11.4 Å². The van der Waals surface area contributed by atoms with Gasteiger partial charge in [-0.3, -0.25) is 9.59 Å². The number of hydrogen-bond donors (Lipinski definition) is 2. The highest BCUT2D eigenvalue weighted by Crippen LogP contribution is 2.32. The van der Waals surface area contributed by atoms with E-state index in [1.807, 2.05) is 0 Å². The first kappa shape index (κ1) is 20.6. The SMILES string of the molecule is CC(=O)Nc1ccc(/C=C/C(=O)Nc2ccccc2SCC(F)(F)F)cc1. The van der Waals surface area contributed by atoms with Crippen molar-refractivity contribution in [3.05, 3.63) is 60.2 Å². The molecular formula is C19H17F3N2O2S. The zero-order chi connectivity index (χ0) is 19.9. The minimum absolute atomic E-state index is 0.181. The largest absolute Gasteiger partial charge is 0.398 e. The molecule has 0 saturated heterocycles. The number of benzene rings is 2. The Morgan fingerprint density at radius 2 is 1.70 bits per heavy atom. The molecule has 142 valence electrons. The molecule has 4 nitrogen and oxygen atoms in total. The predicted molar refractivity (Wildman–Crippen MR) is 102 cm³/mol. The van der Waals surface area contributed by atoms with Crippen molar-refractivity contribution in [3.8, 4) is 0 Å². The number of para-hydroxylation sites is 1. The minimum atomic E-state index is -4.29. The zero-order valence-electron chi connectivity index (χ0n) is 14.3. The average Bonchev–Trinajstić information content (AvgIpc) is 2.59. The Bertz CT molecular complexity index is 834. The van der Waals surface area contributed by atoms with Crippen LogP contribution in [-0.2, 0) is 9.59 Å². The van der Waals surface area contributed by atoms with Gasteiger partial charge < -0.3 is 10.6 Å². The molecule has 0 spiro atoms. The number of thioether (sulfide) groups is 1. The number of amides is 2. The summed E-state index contributed by atoms with van der Waals surface area (Å²) in [6, 6.07) is 13.2. The first-order chi connectivity index (χ1) is 12.7. The Morgan fingerprint density at radius 3 is 2.33 bits per heavy atom. The standard InChI is InChI=1S/C19H17F3N2O2S/c1-13(25)23-15-9-6-14(7-10-15)8-11-18(26)24-16-4-2-3-5-17(16)27-12-19(20,21)22/h2-11H,12H2,1H3,(H,23,25)(H,24,26)/b11-8+. The van der Waals surface area contributed by atoms with Crippen LogP contribution in [0.25, 0.3) is 6.08 Å². The lowest BCUT2D eigenvalue weighted by molar-refractivity contribution is -0.114. The number of hydrogen-bond acceptors (Lipinski definition) is 3. The van der Waals surface area contributed by atoms with Gasteiger partial charge in [-0.05, 0) is 35.9 Å². The van der Waals surface area contributed by atoms with Crippen LogP contribution in [0.1, 0.15) is 12.5 Å². The molecule has 0 saturated carbocycles. The Labute approximate surface area is 158 Å². The van der Waals surface area contributed by atoms with Crippen LogP contribution in [0.3, 0.4) is 0 Å². The quantitative estimate of drug-likeness (QED) is 0.538. The summed E-state index contributed by atoms with van der Waals surface area (Å²) in [5, 5.41) is 5.22. The molecule has 8 heteroatoms. The van der Waals surface area contributed by atoms with E-state index in [1.54, 1.807) is 48.5 Å². The molecule has 0 aliphatic rings. The topological polar surface area (TPSA) is 58.2 Å². The average molecular weight is 394 g/mol. The van der Waals surface area contributed by atoms with Crippen LogP contribution in [0.4, 0.5) is 24.5 Å². The lowest BCUT2D eigenvalue weighted by Gasteiger charge is -2.10. The summed E-state index contributed by atoms with van der Waals surface area (Å²) in [6.45, 7) is 1.41. The fraction of sp³-hybridized carbons (Fsp3) is 0.158. The maximum atomic E-state index is 12.4. The van der Waals surface area contributed by atoms with Gasteiger partial charge >= 0.3 is 6.18 Å². The van der Waals surface area contributed by atoms with Crippen LogP contribution in [0.5, 0.6) is 0 Å². The van der Waals surface area contributed by atoms with E-state index in [1.165, 1.54) is 19.1 Å². The molecule has 2 aromatic rings. The van der Waals surface area contributed by atoms with Gasteiger partial charge in [-0.25, -0.2) is 0 Å². The van der Waals surface area contributed by atoms with Crippen LogP contribution in [-0.4, -0.2) is 23.7 Å². The highest BCUT2D eigenvalue weighted by atomic mass is 32.2. The molecule has 2 amide bonds. The van der Waals surface area contributed by atoms with Crippen LogP contribution in [0.2, 0.25) is 0 Å². The van der Waals surface area contributed by atoms with Crippen molar-refractivity contribution in [1.29, 1.82) is 0 Å². The number of carbonyl (C=O) groups excluding carboxylic acids is 2. The van der Waals surface area contributed by atoms with Gasteiger partial charge in [0.15, 0.2) is 0 Å². The van der Waals surface area contributed by atoms with E-state index in [4.69, 9.17) is 0 Å². The van der Waals surface area contributed by atoms with Gasteiger partial charge in [-0.1, -0.05) is 24.3 Å². The van der Waals surface area contributed by atoms with E-state index in [0.717, 1.165) is 5.56 Å². The summed E-state index contributed by atoms with van der Waals surface area (Å²) in [6.07, 6.45) is -1.43. The zero-order valence-corrected chi connectivity index (χ0v) is 15.2. The molecule has 0 aromatic heterocycles. The lowest BCUT2D eigenvalue weighted by atomic mass is 10.2. The molecule has 0 radical (unpaired) electrons. The van der Waals surface area contributed by atoms with E-state index in [-0.39, 0.29) is 5.91 Å². The van der Waals surface area contributed by atoms with E-state index in [2.05, 4.69) is 10.6 Å². The van der Waals surface area contributed by atoms with Crippen molar-refractivity contribution in [2.45, 2.75) is 18.0 Å². The monoisotopic (exact) mass is 394 g/mol. The summed E-state index contributed by atoms with van der Waals surface area (Å²) < 4.78 is 37.2. The summed E-state index contributed by atoms with van der Waals surface area (Å²) in [5.41, 5.74) is 1.70. The minimum Gasteiger partial charge on any atom is -0.326 e. The molecule has 0 aliphatic carbocycles. The Morgan fingerprint density at radius 1 is 1.04 bits per heavy atom. The molecular weight excluding hydrogens is 377 g/mol. The highest BCUT2D eigenvalue weighted by molar-refractivity contribution is 7.99. The fourth-order valence-electron chi connectivity index (χ4n) is 2.08. The van der Waals surface area contributed by atoms with Crippen molar-refractivity contribution in [3.63, 3.8) is 0 Å². The molecule has 2 N–H and O–H groups in total. The molecule has 0 heterocycles. The van der Waals surface area contributed by atoms with E-state index < -0.39 is 17.8 Å². The fourth-order valence-corrected chi connectivity index (χ4v) is 2.85. The van der Waals surface area contributed by atoms with Crippen molar-refractivity contribution in [2.75, 3.05) is 16.4 Å². The molecule has 2 aromatic carbocycles. The number of nitrogens with one attached hydrogen (secondary N) is 2. The Balaban J connectivity index is 1.99. The molecule has 2 rings (SSSR count). The highest BCUT2D eigenvalue weighted by Gasteiger charge is 2.27. The smallest absolute Gasteiger partial charge is 0.326 e. The third-order valence-electron chi connectivity index (χ3n) is 3.19. The molecule has 0 atom stereocenters. The number of carbonyl (C=O) groups is 2. The summed E-state index contributed by atoms with van der Waals surface area (Å²) in [5.74, 6) is -1.67. The molecule has 0 fully saturated rings. The van der Waals surface area contributed by atoms with E-state index >= 15 is 0 Å². The van der Waals surface area contributed by atoms with Crippen LogP contribution >= 0.6 is 11.8 Å². The van der Waals surface area contributed by atoms with Gasteiger partial charge in [-0.15, -0.1) is 11.8 Å². The number of halogens is 3. The lowest BCUT2D eigenvalue weighted by Crippen LogP contribution is -2.12. The van der Waals surface area contributed by atoms with Gasteiger partial charge in [-0.2, -0.15) is 13.2 Å². The van der Waals surface area contributed by atoms with Gasteiger partial charge in [0.25, 0.3) is 0 Å². The molecule has 27 heavy (non-hydrogen) atoms. The number of anilines is 2. The normalized spacial score (nSPS) is 11.4. The van der Waals surface area contributed by atoms with Crippen LogP contribution in [0.15, 0.2) is 59.5 Å². The molecule has 0 bridgehead atoms. The van der Waals surface area contributed by atoms with Crippen LogP contribution < -0.4 is 10.6 Å². The summed E-state index contributed by atoms with van der Waals surface area (Å²) in [7, 11) is 0. The number of alkyl halides is 3. The second-order valence-electron chi connectivity index (χ2n) is 5.53. The molecule has 0 unspecified atom stereocenters. The van der Waals surface area contributed by atoms with E-state index in [9.17, 15) is 22.8 Å². The maximum Gasteiger partial charge on any atom is 0.398 e. The second-order valence-corrected chi connectivity index (χ2v) is 6.54. The third-order valence-corrected chi connectivity index (χ3v) is 4.33. The van der Waals surface area contributed by atoms with Crippen molar-refractivity contribution < 1.29 is 22.8 Å². The van der Waals surface area contributed by atoms with Crippen molar-refractivity contribution >= 4 is 41.0 Å².